The van der Waals surface area contributed by atoms with Gasteiger partial charge in [-0.3, -0.25) is 33.7 Å². The quantitative estimate of drug-likeness (QED) is 0.169. The van der Waals surface area contributed by atoms with Crippen LogP contribution >= 0.6 is 0 Å². The molecule has 0 radical (unpaired) electrons. The zero-order chi connectivity index (χ0) is 50.7. The number of carbonyl (C=O) groups is 8. The van der Waals surface area contributed by atoms with Gasteiger partial charge in [-0.1, -0.05) is 116 Å². The summed E-state index contributed by atoms with van der Waals surface area (Å²) in [5.41, 5.74) is 1.65. The molecule has 0 bridgehead atoms. The van der Waals surface area contributed by atoms with Crippen LogP contribution in [-0.4, -0.2) is 137 Å². The second kappa shape index (κ2) is 24.3. The van der Waals surface area contributed by atoms with Gasteiger partial charge in [0.25, 0.3) is 11.8 Å². The number of hydrogen-bond donors (Lipinski definition) is 2. The number of likely N-dealkylation sites (N-methyl/N-ethyl adjacent to an activating group) is 1. The van der Waals surface area contributed by atoms with Crippen molar-refractivity contribution < 1.29 is 52.6 Å². The molecule has 69 heavy (non-hydrogen) atoms. The number of esters is 1. The Labute approximate surface area is 406 Å². The minimum Gasteiger partial charge on any atom is -0.499 e. The van der Waals surface area contributed by atoms with Gasteiger partial charge in [0, 0.05) is 32.6 Å². The van der Waals surface area contributed by atoms with E-state index in [-0.39, 0.29) is 44.4 Å². The molecule has 0 aromatic heterocycles. The molecule has 2 aromatic carbocycles. The smallest absolute Gasteiger partial charge is 0.408 e. The number of likely N-dealkylation sites (tertiary alicyclic amines) is 2. The van der Waals surface area contributed by atoms with Gasteiger partial charge in [-0.05, 0) is 66.9 Å². The molecule has 2 fully saturated rings. The molecule has 2 saturated heterocycles. The van der Waals surface area contributed by atoms with Gasteiger partial charge in [0.2, 0.25) is 23.6 Å². The molecule has 376 valence electrons. The Balaban J connectivity index is 1.27. The maximum atomic E-state index is 14.7. The van der Waals surface area contributed by atoms with Crippen molar-refractivity contribution in [2.45, 2.75) is 143 Å². The standard InChI is InChI=1S/C52H72N6O11/c1-31(2)27-40(55(9)49(63)44(33(5)6)53-46(60)43(32(3)4)54-52(66)68-30-36-21-15-12-16-22-36)48(62)56-25-17-23-37(56)47(61)57-26-18-24-38(57)51(65)69-45(34(7)8)50(64)58-39(41(67-10)29-42(58)59)28-35-19-13-11-14-20-35/h11-16,19-22,29,31-34,37-40,43-45H,17-18,23-28,30H2,1-10H3,(H,53,60)(H,54,66)/t37-,38-,39-,40-,43-,44-,45-/m0/s1. The monoisotopic (exact) mass is 957 g/mol. The molecule has 2 aromatic rings. The number of methoxy groups -OCH3 is 1. The number of alkyl carbamates (subject to hydrolysis) is 1. The van der Waals surface area contributed by atoms with E-state index in [2.05, 4.69) is 10.6 Å². The van der Waals surface area contributed by atoms with Crippen LogP contribution in [0.3, 0.4) is 0 Å². The summed E-state index contributed by atoms with van der Waals surface area (Å²) < 4.78 is 16.8. The Morgan fingerprint density at radius 3 is 1.87 bits per heavy atom. The summed E-state index contributed by atoms with van der Waals surface area (Å²) in [4.78, 5) is 117. The van der Waals surface area contributed by atoms with Gasteiger partial charge in [-0.25, -0.2) is 9.59 Å². The van der Waals surface area contributed by atoms with E-state index in [1.54, 1.807) is 41.5 Å². The summed E-state index contributed by atoms with van der Waals surface area (Å²) in [6.45, 7) is 14.8. The maximum Gasteiger partial charge on any atom is 0.408 e. The Kier molecular flexibility index (Phi) is 18.9. The number of carbonyl (C=O) groups excluding carboxylic acids is 8. The lowest BCUT2D eigenvalue weighted by molar-refractivity contribution is -0.170. The van der Waals surface area contributed by atoms with E-state index in [0.717, 1.165) is 16.0 Å². The van der Waals surface area contributed by atoms with Crippen LogP contribution in [0.15, 0.2) is 72.5 Å². The van der Waals surface area contributed by atoms with Crippen molar-refractivity contribution in [1.82, 2.24) is 30.2 Å². The first kappa shape index (κ1) is 53.7. The molecule has 3 aliphatic rings. The fourth-order valence-corrected chi connectivity index (χ4v) is 9.24. The van der Waals surface area contributed by atoms with Crippen LogP contribution in [0, 0.1) is 23.7 Å². The summed E-state index contributed by atoms with van der Waals surface area (Å²) in [7, 11) is 2.95. The highest BCUT2D eigenvalue weighted by atomic mass is 16.6. The van der Waals surface area contributed by atoms with E-state index in [1.165, 1.54) is 34.9 Å². The molecule has 0 saturated carbocycles. The number of rotatable bonds is 20. The van der Waals surface area contributed by atoms with Crippen LogP contribution in [0.5, 0.6) is 0 Å². The van der Waals surface area contributed by atoms with Crippen LogP contribution in [0.2, 0.25) is 0 Å². The number of benzene rings is 2. The lowest BCUT2D eigenvalue weighted by atomic mass is 9.96. The molecule has 7 amide bonds. The predicted octanol–water partition coefficient (Wildman–Crippen LogP) is 5.01. The minimum atomic E-state index is -1.34. The summed E-state index contributed by atoms with van der Waals surface area (Å²) in [5.74, 6) is -5.07. The zero-order valence-electron chi connectivity index (χ0n) is 41.8. The van der Waals surface area contributed by atoms with Gasteiger partial charge >= 0.3 is 12.1 Å². The molecule has 17 nitrogen and oxygen atoms in total. The Hall–Kier alpha value is -6.26. The second-order valence-corrected chi connectivity index (χ2v) is 19.7. The third kappa shape index (κ3) is 13.3. The number of nitrogens with one attached hydrogen (secondary N) is 2. The SMILES string of the molecule is COC1=CC(=O)N(C(=O)[C@@H](OC(=O)[C@@H]2CCCN2C(=O)[C@@H]2CCCN2C(=O)[C@H](CC(C)C)N(C)C(=O)[C@@H](NC(=O)[C@@H](NC(=O)OCc2ccccc2)C(C)C)C(C)C)C(C)C)[C@H]1Cc1ccccc1. The summed E-state index contributed by atoms with van der Waals surface area (Å²) in [6.07, 6.45) is 1.29. The van der Waals surface area contributed by atoms with Crippen molar-refractivity contribution in [2.24, 2.45) is 23.7 Å². The van der Waals surface area contributed by atoms with Gasteiger partial charge in [0.05, 0.1) is 7.11 Å². The largest absolute Gasteiger partial charge is 0.499 e. The normalized spacial score (nSPS) is 19.9. The highest BCUT2D eigenvalue weighted by molar-refractivity contribution is 6.06. The third-order valence-corrected chi connectivity index (χ3v) is 13.1. The van der Waals surface area contributed by atoms with Crippen molar-refractivity contribution in [3.05, 3.63) is 83.6 Å². The number of amides is 7. The van der Waals surface area contributed by atoms with E-state index in [9.17, 15) is 38.4 Å². The Bertz CT molecular complexity index is 2180. The average molecular weight is 957 g/mol. The Morgan fingerprint density at radius 1 is 0.725 bits per heavy atom. The summed E-state index contributed by atoms with van der Waals surface area (Å²) in [6, 6.07) is 12.6. The summed E-state index contributed by atoms with van der Waals surface area (Å²) >= 11 is 0. The molecule has 5 rings (SSSR count). The first-order chi connectivity index (χ1) is 32.7. The van der Waals surface area contributed by atoms with Crippen LogP contribution < -0.4 is 10.6 Å². The summed E-state index contributed by atoms with van der Waals surface area (Å²) in [5, 5.41) is 5.47. The van der Waals surface area contributed by atoms with Crippen molar-refractivity contribution in [2.75, 3.05) is 27.2 Å². The fraction of sp³-hybridized carbons (Fsp3) is 0.577. The van der Waals surface area contributed by atoms with Gasteiger partial charge in [0.1, 0.15) is 48.6 Å². The number of ether oxygens (including phenoxy) is 3. The van der Waals surface area contributed by atoms with Crippen molar-refractivity contribution in [3.8, 4) is 0 Å². The van der Waals surface area contributed by atoms with Crippen LogP contribution in [0.25, 0.3) is 0 Å². The average Bonchev–Trinajstić information content (AvgIpc) is 4.09. The third-order valence-electron chi connectivity index (χ3n) is 13.1. The minimum absolute atomic E-state index is 0.00614. The molecular weight excluding hydrogens is 885 g/mol. The first-order valence-electron chi connectivity index (χ1n) is 24.3. The van der Waals surface area contributed by atoms with Gasteiger partial charge in [-0.15, -0.1) is 0 Å². The van der Waals surface area contributed by atoms with Crippen molar-refractivity contribution in [3.63, 3.8) is 0 Å². The second-order valence-electron chi connectivity index (χ2n) is 19.7. The van der Waals surface area contributed by atoms with E-state index in [4.69, 9.17) is 14.2 Å². The molecule has 2 N–H and O–H groups in total. The van der Waals surface area contributed by atoms with Crippen LogP contribution in [0.1, 0.15) is 98.6 Å². The molecule has 0 unspecified atom stereocenters. The van der Waals surface area contributed by atoms with Gasteiger partial charge in [0.15, 0.2) is 6.10 Å². The van der Waals surface area contributed by atoms with E-state index in [1.807, 2.05) is 74.5 Å². The van der Waals surface area contributed by atoms with Crippen molar-refractivity contribution >= 4 is 47.5 Å². The highest BCUT2D eigenvalue weighted by Crippen LogP contribution is 2.31. The molecule has 3 heterocycles. The molecular formula is C52H72N6O11. The maximum absolute atomic E-state index is 14.7. The van der Waals surface area contributed by atoms with Crippen LogP contribution in [0.4, 0.5) is 4.79 Å². The highest BCUT2D eigenvalue weighted by Gasteiger charge is 2.48. The molecule has 7 atom stereocenters. The predicted molar refractivity (Wildman–Crippen MR) is 256 cm³/mol. The van der Waals surface area contributed by atoms with Crippen LogP contribution in [-0.2, 0) is 60.8 Å². The molecule has 17 heteroatoms. The lowest BCUT2D eigenvalue weighted by Crippen LogP contribution is -2.60. The Morgan fingerprint density at radius 2 is 1.30 bits per heavy atom. The van der Waals surface area contributed by atoms with Gasteiger partial charge in [-0.2, -0.15) is 0 Å². The molecule has 0 aliphatic carbocycles. The topological polar surface area (TPSA) is 201 Å². The number of hydrogen-bond acceptors (Lipinski definition) is 11. The number of imide groups is 1. The first-order valence-corrected chi connectivity index (χ1v) is 24.3. The van der Waals surface area contributed by atoms with E-state index >= 15 is 0 Å². The fourth-order valence-electron chi connectivity index (χ4n) is 9.24. The lowest BCUT2D eigenvalue weighted by Gasteiger charge is -2.37. The van der Waals surface area contributed by atoms with E-state index in [0.29, 0.717) is 31.4 Å². The number of nitrogens with zero attached hydrogens (tertiary/aromatic N) is 4. The van der Waals surface area contributed by atoms with Gasteiger partial charge < -0.3 is 39.5 Å². The van der Waals surface area contributed by atoms with E-state index < -0.39 is 102 Å². The zero-order valence-corrected chi connectivity index (χ0v) is 41.8. The molecule has 0 spiro atoms. The van der Waals surface area contributed by atoms with Crippen molar-refractivity contribution in [1.29, 1.82) is 0 Å². The molecule has 3 aliphatic heterocycles.